The van der Waals surface area contributed by atoms with Gasteiger partial charge >= 0.3 is 0 Å². The fourth-order valence-electron chi connectivity index (χ4n) is 3.68. The molecule has 0 aliphatic rings. The number of nitrogens with one attached hydrogen (secondary N) is 4. The molecule has 4 N–H and O–H groups in total. The van der Waals surface area contributed by atoms with E-state index in [0.717, 1.165) is 23.1 Å². The first-order valence-corrected chi connectivity index (χ1v) is 12.8. The van der Waals surface area contributed by atoms with Crippen molar-refractivity contribution in [3.63, 3.8) is 0 Å². The van der Waals surface area contributed by atoms with Gasteiger partial charge in [0, 0.05) is 57.3 Å². The maximum Gasteiger partial charge on any atom is 0.222 e. The number of ether oxygens (including phenoxy) is 2. The Morgan fingerprint density at radius 2 is 1.62 bits per heavy atom. The highest BCUT2D eigenvalue weighted by molar-refractivity contribution is 5.82. The number of hydrogen-bond donors (Lipinski definition) is 4. The highest BCUT2D eigenvalue weighted by atomic mass is 16.5. The van der Waals surface area contributed by atoms with Gasteiger partial charge in [-0.15, -0.1) is 0 Å². The van der Waals surface area contributed by atoms with Crippen LogP contribution in [0.25, 0.3) is 10.9 Å². The summed E-state index contributed by atoms with van der Waals surface area (Å²) < 4.78 is 13.1. The lowest BCUT2D eigenvalue weighted by Crippen LogP contribution is -2.34. The highest BCUT2D eigenvalue weighted by Gasteiger charge is 2.11. The molecule has 0 saturated heterocycles. The molecule has 0 atom stereocenters. The third kappa shape index (κ3) is 12.3. The van der Waals surface area contributed by atoms with E-state index in [1.54, 1.807) is 0 Å². The number of para-hydroxylation sites is 1. The fourth-order valence-corrected chi connectivity index (χ4v) is 3.68. The predicted molar refractivity (Wildman–Crippen MR) is 143 cm³/mol. The Balaban J connectivity index is 1.53. The Kier molecular flexibility index (Phi) is 14.5. The lowest BCUT2D eigenvalue weighted by molar-refractivity contribution is -0.122. The number of rotatable bonds is 20. The summed E-state index contributed by atoms with van der Waals surface area (Å²) in [5.41, 5.74) is 5.38. The zero-order chi connectivity index (χ0) is 26.9. The van der Waals surface area contributed by atoms with Crippen molar-refractivity contribution in [3.8, 4) is 0 Å². The Morgan fingerprint density at radius 3 is 2.38 bits per heavy atom. The zero-order valence-electron chi connectivity index (χ0n) is 22.3. The van der Waals surface area contributed by atoms with Crippen molar-refractivity contribution in [1.82, 2.24) is 31.0 Å². The summed E-state index contributed by atoms with van der Waals surface area (Å²) in [6, 6.07) is 10.4. The molecule has 0 unspecified atom stereocenters. The molecule has 1 aromatic carbocycles. The van der Waals surface area contributed by atoms with Crippen LogP contribution in [-0.2, 0) is 36.9 Å². The Hall–Kier alpha value is -2.83. The molecule has 37 heavy (non-hydrogen) atoms. The normalized spacial score (nSPS) is 11.2. The number of benzene rings is 1. The second-order valence-corrected chi connectivity index (χ2v) is 8.73. The molecule has 0 spiro atoms. The number of carbonyl (C=O) groups excluding carboxylic acids is 3. The monoisotopic (exact) mass is 518 g/mol. The molecular weight excluding hydrogens is 476 g/mol. The van der Waals surface area contributed by atoms with E-state index in [2.05, 4.69) is 44.1 Å². The summed E-state index contributed by atoms with van der Waals surface area (Å²) >= 11 is 0. The maximum absolute atomic E-state index is 12.4. The van der Waals surface area contributed by atoms with Gasteiger partial charge in [0.1, 0.15) is 5.78 Å². The predicted octanol–water partition coefficient (Wildman–Crippen LogP) is 0.432. The lowest BCUT2D eigenvalue weighted by Gasteiger charge is -2.17. The van der Waals surface area contributed by atoms with Crippen molar-refractivity contribution >= 4 is 28.5 Å². The zero-order valence-corrected chi connectivity index (χ0v) is 22.3. The van der Waals surface area contributed by atoms with Gasteiger partial charge in [-0.1, -0.05) is 18.2 Å². The number of amides is 2. The molecule has 1 heterocycles. The molecule has 1 aromatic heterocycles. The number of aromatic nitrogens is 1. The molecule has 11 heteroatoms. The summed E-state index contributed by atoms with van der Waals surface area (Å²) in [4.78, 5) is 34.9. The standard InChI is InChI=1S/C26H42N6O5/c1-21(33)19-28-10-11-29-26(35)9-14-36-16-17-37-15-12-30-25(34)8-13-32-23(20-31(3)27-2)18-22-6-4-5-7-24(22)32/h4-7,18,27-28H,8-17,19-20H2,1-3H3,(H,29,35)(H,30,34). The van der Waals surface area contributed by atoms with E-state index in [0.29, 0.717) is 65.6 Å². The van der Waals surface area contributed by atoms with Crippen LogP contribution in [0.1, 0.15) is 25.5 Å². The van der Waals surface area contributed by atoms with Crippen LogP contribution in [0.5, 0.6) is 0 Å². The summed E-state index contributed by atoms with van der Waals surface area (Å²) in [7, 11) is 3.87. The van der Waals surface area contributed by atoms with E-state index < -0.39 is 0 Å². The van der Waals surface area contributed by atoms with Crippen LogP contribution in [0.3, 0.4) is 0 Å². The molecular formula is C26H42N6O5. The van der Waals surface area contributed by atoms with Gasteiger partial charge in [0.25, 0.3) is 0 Å². The molecule has 0 radical (unpaired) electrons. The van der Waals surface area contributed by atoms with E-state index in [1.807, 2.05) is 31.2 Å². The van der Waals surface area contributed by atoms with Gasteiger partial charge in [-0.25, -0.2) is 5.01 Å². The summed E-state index contributed by atoms with van der Waals surface area (Å²) in [6.07, 6.45) is 0.652. The number of fused-ring (bicyclic) bond motifs is 1. The van der Waals surface area contributed by atoms with Gasteiger partial charge < -0.3 is 30.0 Å². The van der Waals surface area contributed by atoms with Crippen LogP contribution in [-0.4, -0.2) is 93.9 Å². The van der Waals surface area contributed by atoms with Crippen molar-refractivity contribution in [3.05, 3.63) is 36.0 Å². The molecule has 11 nitrogen and oxygen atoms in total. The molecule has 0 aliphatic heterocycles. The van der Waals surface area contributed by atoms with Gasteiger partial charge in [0.15, 0.2) is 0 Å². The van der Waals surface area contributed by atoms with Gasteiger partial charge in [0.05, 0.1) is 39.5 Å². The summed E-state index contributed by atoms with van der Waals surface area (Å²) in [5, 5.41) is 11.8. The molecule has 2 aromatic rings. The molecule has 0 bridgehead atoms. The van der Waals surface area contributed by atoms with Gasteiger partial charge in [0.2, 0.25) is 11.8 Å². The van der Waals surface area contributed by atoms with Crippen LogP contribution < -0.4 is 21.4 Å². The quantitative estimate of drug-likeness (QED) is 0.147. The Bertz CT molecular complexity index is 980. The van der Waals surface area contributed by atoms with Crippen molar-refractivity contribution in [2.24, 2.45) is 0 Å². The number of Topliss-reactive ketones (excluding diaryl/α,β-unsaturated/α-hetero) is 1. The number of ketones is 1. The van der Waals surface area contributed by atoms with Crippen molar-refractivity contribution < 1.29 is 23.9 Å². The summed E-state index contributed by atoms with van der Waals surface area (Å²) in [5.74, 6) is -0.0517. The largest absolute Gasteiger partial charge is 0.379 e. The van der Waals surface area contributed by atoms with Crippen molar-refractivity contribution in [2.45, 2.75) is 32.9 Å². The molecule has 0 aliphatic carbocycles. The first-order valence-electron chi connectivity index (χ1n) is 12.8. The van der Waals surface area contributed by atoms with Crippen molar-refractivity contribution in [1.29, 1.82) is 0 Å². The number of hydrazine groups is 1. The minimum absolute atomic E-state index is 0.0203. The second-order valence-electron chi connectivity index (χ2n) is 8.73. The first kappa shape index (κ1) is 30.4. The molecule has 0 fully saturated rings. The molecule has 2 amide bonds. The Morgan fingerprint density at radius 1 is 0.919 bits per heavy atom. The van der Waals surface area contributed by atoms with E-state index in [1.165, 1.54) is 6.92 Å². The van der Waals surface area contributed by atoms with Crippen LogP contribution in [0.2, 0.25) is 0 Å². The molecule has 206 valence electrons. The van der Waals surface area contributed by atoms with Gasteiger partial charge in [-0.2, -0.15) is 0 Å². The average Bonchev–Trinajstić information content (AvgIpc) is 3.22. The van der Waals surface area contributed by atoms with Crippen LogP contribution in [0, 0.1) is 0 Å². The number of carbonyl (C=O) groups is 3. The fraction of sp³-hybridized carbons (Fsp3) is 0.577. The second kappa shape index (κ2) is 17.6. The van der Waals surface area contributed by atoms with E-state index in [-0.39, 0.29) is 24.0 Å². The maximum atomic E-state index is 12.4. The van der Waals surface area contributed by atoms with Crippen LogP contribution >= 0.6 is 0 Å². The Labute approximate surface area is 219 Å². The third-order valence-electron chi connectivity index (χ3n) is 5.65. The minimum atomic E-state index is -0.0951. The van der Waals surface area contributed by atoms with E-state index in [4.69, 9.17) is 9.47 Å². The third-order valence-corrected chi connectivity index (χ3v) is 5.65. The number of hydrogen-bond acceptors (Lipinski definition) is 8. The van der Waals surface area contributed by atoms with Gasteiger partial charge in [-0.3, -0.25) is 19.8 Å². The number of nitrogens with zero attached hydrogens (tertiary/aromatic N) is 2. The van der Waals surface area contributed by atoms with Crippen LogP contribution in [0.15, 0.2) is 30.3 Å². The van der Waals surface area contributed by atoms with Crippen molar-refractivity contribution in [2.75, 3.05) is 66.7 Å². The van der Waals surface area contributed by atoms with Crippen LogP contribution in [0.4, 0.5) is 0 Å². The first-order chi connectivity index (χ1) is 17.9. The minimum Gasteiger partial charge on any atom is -0.379 e. The summed E-state index contributed by atoms with van der Waals surface area (Å²) in [6.45, 7) is 6.09. The van der Waals surface area contributed by atoms with E-state index >= 15 is 0 Å². The SMILES string of the molecule is CNN(C)Cc1cc2ccccc2n1CCC(=O)NCCOCCOCCC(=O)NCCNCC(C)=O. The topological polar surface area (TPSA) is 126 Å². The highest BCUT2D eigenvalue weighted by Crippen LogP contribution is 2.21. The molecule has 2 rings (SSSR count). The smallest absolute Gasteiger partial charge is 0.222 e. The van der Waals surface area contributed by atoms with Gasteiger partial charge in [-0.05, 0) is 31.5 Å². The molecule has 0 saturated carbocycles. The average molecular weight is 519 g/mol. The number of aryl methyl sites for hydroxylation is 1. The lowest BCUT2D eigenvalue weighted by atomic mass is 10.2. The van der Waals surface area contributed by atoms with E-state index in [9.17, 15) is 14.4 Å².